The lowest BCUT2D eigenvalue weighted by molar-refractivity contribution is -0.0503. The van der Waals surface area contributed by atoms with Gasteiger partial charge < -0.3 is 34.6 Å². The van der Waals surface area contributed by atoms with Crippen molar-refractivity contribution in [1.29, 1.82) is 0 Å². The molecule has 0 aromatic carbocycles. The SMILES string of the molecule is Cn1c(=S)[nH]c2c(ncn2[C@@H]2O[C@H](COP(=O)(O)OP(=O)(O)O)[C@@H](O)[C@H]2O)c1=O. The topological polar surface area (TPSA) is 219 Å². The normalized spacial score (nSPS) is 27.4. The molecule has 15 nitrogen and oxygen atoms in total. The van der Waals surface area contributed by atoms with Crippen LogP contribution in [0.5, 0.6) is 0 Å². The zero-order valence-corrected chi connectivity index (χ0v) is 17.0. The number of aromatic amines is 1. The smallest absolute Gasteiger partial charge is 0.387 e. The van der Waals surface area contributed by atoms with Gasteiger partial charge >= 0.3 is 15.6 Å². The Bertz CT molecular complexity index is 1140. The fourth-order valence-electron chi connectivity index (χ4n) is 2.69. The van der Waals surface area contributed by atoms with E-state index in [1.165, 1.54) is 11.6 Å². The summed E-state index contributed by atoms with van der Waals surface area (Å²) in [6, 6.07) is 0. The van der Waals surface area contributed by atoms with Crippen LogP contribution in [-0.4, -0.2) is 68.9 Å². The molecular formula is C11H16N4O11P2S. The molecule has 0 amide bonds. The van der Waals surface area contributed by atoms with Gasteiger partial charge in [-0.1, -0.05) is 0 Å². The molecule has 0 aliphatic carbocycles. The second-order valence-electron chi connectivity index (χ2n) is 6.03. The molecule has 1 fully saturated rings. The van der Waals surface area contributed by atoms with E-state index in [0.29, 0.717) is 0 Å². The van der Waals surface area contributed by atoms with E-state index >= 15 is 0 Å². The Balaban J connectivity index is 1.83. The molecule has 18 heteroatoms. The van der Waals surface area contributed by atoms with Crippen molar-refractivity contribution < 1.29 is 47.6 Å². The molecule has 3 rings (SSSR count). The molecule has 1 aliphatic heterocycles. The second kappa shape index (κ2) is 7.76. The van der Waals surface area contributed by atoms with Crippen molar-refractivity contribution in [2.75, 3.05) is 6.61 Å². The Hall–Kier alpha value is -1.29. The number of hydrogen-bond donors (Lipinski definition) is 6. The predicted octanol–water partition coefficient (Wildman–Crippen LogP) is -1.36. The number of ether oxygens (including phenoxy) is 1. The summed E-state index contributed by atoms with van der Waals surface area (Å²) in [5, 5.41) is 20.4. The van der Waals surface area contributed by atoms with Crippen molar-refractivity contribution in [3.63, 3.8) is 0 Å². The maximum absolute atomic E-state index is 12.2. The molecule has 1 unspecified atom stereocenters. The van der Waals surface area contributed by atoms with E-state index in [9.17, 15) is 29.0 Å². The fourth-order valence-corrected chi connectivity index (χ4v) is 4.47. The lowest BCUT2D eigenvalue weighted by Crippen LogP contribution is -2.33. The number of nitrogens with zero attached hydrogens (tertiary/aromatic N) is 3. The zero-order chi connectivity index (χ0) is 21.7. The number of rotatable bonds is 6. The van der Waals surface area contributed by atoms with Crippen molar-refractivity contribution in [3.05, 3.63) is 21.5 Å². The lowest BCUT2D eigenvalue weighted by atomic mass is 10.1. The third-order valence-corrected chi connectivity index (χ3v) is 6.58. The van der Waals surface area contributed by atoms with Crippen LogP contribution in [0.1, 0.15) is 6.23 Å². The molecule has 1 saturated heterocycles. The number of H-pyrrole nitrogens is 1. The summed E-state index contributed by atoms with van der Waals surface area (Å²) >= 11 is 5.03. The molecule has 6 N–H and O–H groups in total. The summed E-state index contributed by atoms with van der Waals surface area (Å²) in [5.74, 6) is 0. The number of phosphoric ester groups is 1. The second-order valence-corrected chi connectivity index (χ2v) is 9.24. The van der Waals surface area contributed by atoms with Crippen LogP contribution in [0, 0.1) is 4.77 Å². The van der Waals surface area contributed by atoms with Crippen LogP contribution in [0.3, 0.4) is 0 Å². The fraction of sp³-hybridized carbons (Fsp3) is 0.545. The highest BCUT2D eigenvalue weighted by atomic mass is 32.1. The molecule has 2 aromatic heterocycles. The van der Waals surface area contributed by atoms with Gasteiger partial charge in [0.25, 0.3) is 5.56 Å². The molecule has 162 valence electrons. The predicted molar refractivity (Wildman–Crippen MR) is 95.0 cm³/mol. The Morgan fingerprint density at radius 2 is 1.97 bits per heavy atom. The van der Waals surface area contributed by atoms with Crippen molar-refractivity contribution in [2.24, 2.45) is 7.05 Å². The summed E-state index contributed by atoms with van der Waals surface area (Å²) in [4.78, 5) is 45.3. The maximum atomic E-state index is 12.2. The van der Waals surface area contributed by atoms with Crippen LogP contribution in [0.2, 0.25) is 0 Å². The van der Waals surface area contributed by atoms with E-state index in [2.05, 4.69) is 18.8 Å². The van der Waals surface area contributed by atoms with Crippen molar-refractivity contribution in [1.82, 2.24) is 19.1 Å². The van der Waals surface area contributed by atoms with E-state index < -0.39 is 52.4 Å². The van der Waals surface area contributed by atoms with E-state index in [4.69, 9.17) is 26.7 Å². The van der Waals surface area contributed by atoms with E-state index in [1.54, 1.807) is 0 Å². The highest BCUT2D eigenvalue weighted by Gasteiger charge is 2.46. The first-order valence-corrected chi connectivity index (χ1v) is 11.2. The van der Waals surface area contributed by atoms with Crippen LogP contribution in [0.4, 0.5) is 0 Å². The molecule has 0 bridgehead atoms. The zero-order valence-electron chi connectivity index (χ0n) is 14.4. The Morgan fingerprint density at radius 3 is 2.59 bits per heavy atom. The number of aliphatic hydroxyl groups is 2. The lowest BCUT2D eigenvalue weighted by Gasteiger charge is -2.17. The van der Waals surface area contributed by atoms with Gasteiger partial charge in [0.2, 0.25) is 0 Å². The van der Waals surface area contributed by atoms with Crippen molar-refractivity contribution in [3.8, 4) is 0 Å². The minimum atomic E-state index is -5.32. The van der Waals surface area contributed by atoms with Gasteiger partial charge in [-0.2, -0.15) is 4.31 Å². The van der Waals surface area contributed by atoms with Gasteiger partial charge in [0, 0.05) is 7.05 Å². The van der Waals surface area contributed by atoms with E-state index in [0.717, 1.165) is 10.9 Å². The Kier molecular flexibility index (Phi) is 5.99. The van der Waals surface area contributed by atoms with Gasteiger partial charge in [-0.05, 0) is 12.2 Å². The maximum Gasteiger partial charge on any atom is 0.481 e. The number of nitrogens with one attached hydrogen (secondary N) is 1. The molecule has 3 heterocycles. The third-order valence-electron chi connectivity index (χ3n) is 4.05. The third kappa shape index (κ3) is 4.57. The minimum Gasteiger partial charge on any atom is -0.387 e. The number of fused-ring (bicyclic) bond motifs is 1. The van der Waals surface area contributed by atoms with E-state index in [1.807, 2.05) is 0 Å². The van der Waals surface area contributed by atoms with Crippen LogP contribution < -0.4 is 5.56 Å². The molecule has 1 aliphatic rings. The van der Waals surface area contributed by atoms with Gasteiger partial charge in [0.05, 0.1) is 12.9 Å². The van der Waals surface area contributed by atoms with Crippen molar-refractivity contribution in [2.45, 2.75) is 24.5 Å². The number of hydrogen-bond acceptors (Lipinski definition) is 10. The van der Waals surface area contributed by atoms with Gasteiger partial charge in [0.1, 0.15) is 24.0 Å². The minimum absolute atomic E-state index is 0.0130. The van der Waals surface area contributed by atoms with Gasteiger partial charge in [-0.15, -0.1) is 0 Å². The number of imidazole rings is 1. The summed E-state index contributed by atoms with van der Waals surface area (Å²) in [5.41, 5.74) is -0.416. The average Bonchev–Trinajstić information content (AvgIpc) is 3.11. The van der Waals surface area contributed by atoms with Gasteiger partial charge in [-0.25, -0.2) is 14.1 Å². The molecule has 0 saturated carbocycles. The summed E-state index contributed by atoms with van der Waals surface area (Å²) < 4.78 is 38.1. The highest BCUT2D eigenvalue weighted by molar-refractivity contribution is 7.71. The van der Waals surface area contributed by atoms with Crippen LogP contribution in [0.15, 0.2) is 11.1 Å². The first-order chi connectivity index (χ1) is 13.3. The molecule has 0 spiro atoms. The van der Waals surface area contributed by atoms with Crippen molar-refractivity contribution >= 4 is 39.0 Å². The quantitative estimate of drug-likeness (QED) is 0.211. The van der Waals surface area contributed by atoms with Gasteiger partial charge in [-0.3, -0.25) is 18.5 Å². The molecule has 2 aromatic rings. The molecular weight excluding hydrogens is 458 g/mol. The largest absolute Gasteiger partial charge is 0.481 e. The number of phosphoric acid groups is 2. The van der Waals surface area contributed by atoms with Crippen LogP contribution >= 0.6 is 27.9 Å². The van der Waals surface area contributed by atoms with Crippen LogP contribution in [-0.2, 0) is 29.7 Å². The first kappa shape index (κ1) is 22.4. The summed E-state index contributed by atoms with van der Waals surface area (Å²) in [6.07, 6.45) is -4.71. The van der Waals surface area contributed by atoms with E-state index in [-0.39, 0.29) is 15.9 Å². The Morgan fingerprint density at radius 1 is 1.31 bits per heavy atom. The van der Waals surface area contributed by atoms with Crippen LogP contribution in [0.25, 0.3) is 11.2 Å². The molecule has 5 atom stereocenters. The summed E-state index contributed by atoms with van der Waals surface area (Å²) in [7, 11) is -9.05. The first-order valence-electron chi connectivity index (χ1n) is 7.72. The van der Waals surface area contributed by atoms with Gasteiger partial charge in [0.15, 0.2) is 16.5 Å². The number of aromatic nitrogens is 4. The average molecular weight is 474 g/mol. The Labute approximate surface area is 166 Å². The highest BCUT2D eigenvalue weighted by Crippen LogP contribution is 2.57. The molecule has 0 radical (unpaired) electrons. The summed E-state index contributed by atoms with van der Waals surface area (Å²) in [6.45, 7) is -0.854. The standard InChI is InChI=1S/C11H16N4O11P2S/c1-14-9(18)5-8(13-11(14)29)15(3-12-5)10-7(17)6(16)4(25-10)2-24-28(22,23)26-27(19,20)21/h3-4,6-7,10,16-17H,2H2,1H3,(H,13,29)(H,22,23)(H2,19,20,21)/t4-,6-,7-,10-/m1/s1. The number of aliphatic hydroxyl groups excluding tert-OH is 2. The monoisotopic (exact) mass is 474 g/mol. The molecule has 29 heavy (non-hydrogen) atoms.